The highest BCUT2D eigenvalue weighted by molar-refractivity contribution is 7.99. The molecule has 2 rings (SSSR count). The van der Waals surface area contributed by atoms with Gasteiger partial charge in [0.25, 0.3) is 11.6 Å². The van der Waals surface area contributed by atoms with Crippen LogP contribution in [-0.2, 0) is 9.53 Å². The molecule has 0 unspecified atom stereocenters. The summed E-state index contributed by atoms with van der Waals surface area (Å²) in [6.07, 6.45) is -0.198. The second-order valence-electron chi connectivity index (χ2n) is 4.81. The monoisotopic (exact) mass is 339 g/mol. The Hall–Kier alpha value is -2.13. The Morgan fingerprint density at radius 3 is 2.61 bits per heavy atom. The van der Waals surface area contributed by atoms with Crippen molar-refractivity contribution in [3.05, 3.63) is 33.9 Å². The first-order valence-electron chi connectivity index (χ1n) is 6.97. The second-order valence-corrected chi connectivity index (χ2v) is 5.95. The molecule has 124 valence electrons. The molecule has 1 aliphatic heterocycles. The van der Waals surface area contributed by atoms with Crippen molar-refractivity contribution in [2.45, 2.75) is 11.3 Å². The molecule has 0 atom stereocenters. The highest BCUT2D eigenvalue weighted by Crippen LogP contribution is 2.30. The molecule has 1 aromatic rings. The second kappa shape index (κ2) is 7.93. The van der Waals surface area contributed by atoms with E-state index in [4.69, 9.17) is 4.74 Å². The van der Waals surface area contributed by atoms with Gasteiger partial charge in [-0.15, -0.1) is 11.8 Å². The number of carboxylic acids is 1. The van der Waals surface area contributed by atoms with E-state index >= 15 is 0 Å². The Kier molecular flexibility index (Phi) is 5.94. The SMILES string of the molecule is O=C([O-])CCSc1ccc(C(=O)N2CCOCC2)cc1[N+](=O)[O-]. The highest BCUT2D eigenvalue weighted by Gasteiger charge is 2.22. The number of carboxylic acid groups (broad SMARTS) is 1. The third-order valence-electron chi connectivity index (χ3n) is 3.26. The van der Waals surface area contributed by atoms with E-state index in [1.807, 2.05) is 0 Å². The molecule has 1 fully saturated rings. The van der Waals surface area contributed by atoms with Crippen LogP contribution in [0.1, 0.15) is 16.8 Å². The van der Waals surface area contributed by atoms with Gasteiger partial charge < -0.3 is 19.5 Å². The lowest BCUT2D eigenvalue weighted by Gasteiger charge is -2.26. The number of benzene rings is 1. The first-order chi connectivity index (χ1) is 11.0. The quantitative estimate of drug-likeness (QED) is 0.416. The van der Waals surface area contributed by atoms with Gasteiger partial charge in [0.1, 0.15) is 0 Å². The molecule has 1 aliphatic rings. The van der Waals surface area contributed by atoms with Crippen molar-refractivity contribution in [2.24, 2.45) is 0 Å². The first kappa shape index (κ1) is 17.2. The van der Waals surface area contributed by atoms with Crippen LogP contribution in [0.15, 0.2) is 23.1 Å². The fourth-order valence-corrected chi connectivity index (χ4v) is 3.04. The lowest BCUT2D eigenvalue weighted by Crippen LogP contribution is -2.40. The van der Waals surface area contributed by atoms with Crippen molar-refractivity contribution in [2.75, 3.05) is 32.1 Å². The third kappa shape index (κ3) is 4.67. The molecule has 1 aromatic carbocycles. The van der Waals surface area contributed by atoms with E-state index < -0.39 is 10.9 Å². The normalized spacial score (nSPS) is 14.5. The Morgan fingerprint density at radius 2 is 2.00 bits per heavy atom. The van der Waals surface area contributed by atoms with Gasteiger partial charge in [-0.25, -0.2) is 0 Å². The van der Waals surface area contributed by atoms with Gasteiger partial charge in [0.2, 0.25) is 0 Å². The third-order valence-corrected chi connectivity index (χ3v) is 4.33. The summed E-state index contributed by atoms with van der Waals surface area (Å²) in [5, 5.41) is 21.6. The number of morpholine rings is 1. The van der Waals surface area contributed by atoms with Crippen molar-refractivity contribution in [1.29, 1.82) is 0 Å². The van der Waals surface area contributed by atoms with Crippen LogP contribution in [0.25, 0.3) is 0 Å². The fourth-order valence-electron chi connectivity index (χ4n) is 2.11. The summed E-state index contributed by atoms with van der Waals surface area (Å²) in [4.78, 5) is 35.3. The predicted octanol–water partition coefficient (Wildman–Crippen LogP) is 0.299. The zero-order valence-electron chi connectivity index (χ0n) is 12.2. The van der Waals surface area contributed by atoms with E-state index in [1.165, 1.54) is 18.2 Å². The minimum absolute atomic E-state index is 0.167. The number of ether oxygens (including phenoxy) is 1. The first-order valence-corrected chi connectivity index (χ1v) is 7.95. The Morgan fingerprint density at radius 1 is 1.30 bits per heavy atom. The molecular weight excluding hydrogens is 324 g/mol. The van der Waals surface area contributed by atoms with Crippen molar-refractivity contribution in [3.8, 4) is 0 Å². The standard InChI is InChI=1S/C14H16N2O6S/c17-13(18)3-8-23-12-2-1-10(9-11(12)16(20)21)14(19)15-4-6-22-7-5-15/h1-2,9H,3-8H2,(H,17,18)/p-1. The summed E-state index contributed by atoms with van der Waals surface area (Å²) in [7, 11) is 0. The highest BCUT2D eigenvalue weighted by atomic mass is 32.2. The number of amides is 1. The Balaban J connectivity index is 2.16. The van der Waals surface area contributed by atoms with Crippen molar-refractivity contribution >= 4 is 29.3 Å². The number of thioether (sulfide) groups is 1. The van der Waals surface area contributed by atoms with E-state index in [0.29, 0.717) is 31.2 Å². The molecule has 0 spiro atoms. The molecule has 0 saturated carbocycles. The summed E-state index contributed by atoms with van der Waals surface area (Å²) in [5.74, 6) is -1.32. The average molecular weight is 339 g/mol. The van der Waals surface area contributed by atoms with E-state index in [1.54, 1.807) is 4.90 Å². The lowest BCUT2D eigenvalue weighted by atomic mass is 10.1. The van der Waals surface area contributed by atoms with E-state index in [0.717, 1.165) is 11.8 Å². The minimum atomic E-state index is -1.21. The lowest BCUT2D eigenvalue weighted by molar-refractivity contribution is -0.387. The number of nitro groups is 1. The maximum atomic E-state index is 12.3. The van der Waals surface area contributed by atoms with Gasteiger partial charge in [0.05, 0.1) is 23.0 Å². The number of rotatable bonds is 6. The molecule has 1 amide bonds. The van der Waals surface area contributed by atoms with Crippen LogP contribution in [0.4, 0.5) is 5.69 Å². The summed E-state index contributed by atoms with van der Waals surface area (Å²) in [5.41, 5.74) is 0.0373. The van der Waals surface area contributed by atoms with Crippen molar-refractivity contribution < 1.29 is 24.4 Å². The van der Waals surface area contributed by atoms with Crippen LogP contribution in [-0.4, -0.2) is 53.8 Å². The zero-order valence-corrected chi connectivity index (χ0v) is 13.0. The molecule has 0 N–H and O–H groups in total. The molecule has 0 aromatic heterocycles. The molecule has 0 bridgehead atoms. The van der Waals surface area contributed by atoms with Crippen molar-refractivity contribution in [1.82, 2.24) is 4.90 Å². The van der Waals surface area contributed by atoms with Crippen molar-refractivity contribution in [3.63, 3.8) is 0 Å². The smallest absolute Gasteiger partial charge is 0.283 e. The summed E-state index contributed by atoms with van der Waals surface area (Å²) in [6, 6.07) is 4.23. The van der Waals surface area contributed by atoms with E-state index in [9.17, 15) is 24.8 Å². The number of nitrogens with zero attached hydrogens (tertiary/aromatic N) is 2. The Labute approximate surface area is 136 Å². The topological polar surface area (TPSA) is 113 Å². The van der Waals surface area contributed by atoms with Gasteiger partial charge in [0.15, 0.2) is 0 Å². The zero-order chi connectivity index (χ0) is 16.8. The predicted molar refractivity (Wildman–Crippen MR) is 80.2 cm³/mol. The number of hydrogen-bond donors (Lipinski definition) is 0. The van der Waals surface area contributed by atoms with Crippen LogP contribution in [0, 0.1) is 10.1 Å². The number of nitro benzene ring substituents is 1. The number of hydrogen-bond acceptors (Lipinski definition) is 7. The van der Waals surface area contributed by atoms with Gasteiger partial charge in [-0.1, -0.05) is 0 Å². The summed E-state index contributed by atoms with van der Waals surface area (Å²) >= 11 is 1.05. The largest absolute Gasteiger partial charge is 0.550 e. The number of aliphatic carboxylic acids is 1. The Bertz CT molecular complexity index is 615. The number of carbonyl (C=O) groups is 2. The molecule has 0 aliphatic carbocycles. The van der Waals surface area contributed by atoms with Gasteiger partial charge >= 0.3 is 0 Å². The number of carbonyl (C=O) groups excluding carboxylic acids is 2. The van der Waals surface area contributed by atoms with E-state index in [2.05, 4.69) is 0 Å². The average Bonchev–Trinajstić information content (AvgIpc) is 2.54. The molecule has 23 heavy (non-hydrogen) atoms. The van der Waals surface area contributed by atoms with Crippen LogP contribution in [0.2, 0.25) is 0 Å². The minimum Gasteiger partial charge on any atom is -0.550 e. The van der Waals surface area contributed by atoms with Gasteiger partial charge in [0, 0.05) is 36.4 Å². The maximum absolute atomic E-state index is 12.3. The maximum Gasteiger partial charge on any atom is 0.283 e. The molecule has 0 radical (unpaired) electrons. The van der Waals surface area contributed by atoms with Crippen LogP contribution in [0.3, 0.4) is 0 Å². The molecule has 9 heteroatoms. The molecule has 1 heterocycles. The summed E-state index contributed by atoms with van der Waals surface area (Å²) in [6.45, 7) is 1.81. The molecule has 8 nitrogen and oxygen atoms in total. The van der Waals surface area contributed by atoms with Crippen LogP contribution >= 0.6 is 11.8 Å². The summed E-state index contributed by atoms with van der Waals surface area (Å²) < 4.78 is 5.17. The van der Waals surface area contributed by atoms with Crippen LogP contribution < -0.4 is 5.11 Å². The van der Waals surface area contributed by atoms with Crippen LogP contribution in [0.5, 0.6) is 0 Å². The van der Waals surface area contributed by atoms with Gasteiger partial charge in [-0.3, -0.25) is 14.9 Å². The molecule has 1 saturated heterocycles. The fraction of sp³-hybridized carbons (Fsp3) is 0.429. The van der Waals surface area contributed by atoms with Gasteiger partial charge in [-0.2, -0.15) is 0 Å². The van der Waals surface area contributed by atoms with Gasteiger partial charge in [-0.05, 0) is 18.6 Å². The molecular formula is C14H15N2O6S-. The van der Waals surface area contributed by atoms with E-state index in [-0.39, 0.29) is 29.3 Å².